The van der Waals surface area contributed by atoms with Crippen molar-refractivity contribution in [1.82, 2.24) is 10.6 Å². The van der Waals surface area contributed by atoms with Crippen LogP contribution in [-0.2, 0) is 6.42 Å². The summed E-state index contributed by atoms with van der Waals surface area (Å²) in [6.07, 6.45) is 3.20. The molecule has 118 valence electrons. The molecule has 5 nitrogen and oxygen atoms in total. The summed E-state index contributed by atoms with van der Waals surface area (Å²) in [4.78, 5) is 4.47. The Balaban J connectivity index is 0.00000220. The number of methoxy groups -OCH3 is 2. The van der Waals surface area contributed by atoms with Gasteiger partial charge in [0.25, 0.3) is 0 Å². The summed E-state index contributed by atoms with van der Waals surface area (Å²) in [6.45, 7) is 2.71. The lowest BCUT2D eigenvalue weighted by atomic mass is 10.1. The van der Waals surface area contributed by atoms with Crippen LogP contribution >= 0.6 is 17.0 Å². The molecular formula is C15H24BrN3O2. The Hall–Kier alpha value is -1.43. The van der Waals surface area contributed by atoms with E-state index in [0.717, 1.165) is 55.5 Å². The molecule has 0 aliphatic carbocycles. The van der Waals surface area contributed by atoms with Crippen molar-refractivity contribution in [2.24, 2.45) is 4.99 Å². The van der Waals surface area contributed by atoms with Gasteiger partial charge in [-0.1, -0.05) is 12.1 Å². The number of rotatable bonds is 5. The molecule has 0 aromatic heterocycles. The van der Waals surface area contributed by atoms with Gasteiger partial charge in [-0.15, -0.1) is 17.0 Å². The zero-order valence-electron chi connectivity index (χ0n) is 12.6. The lowest BCUT2D eigenvalue weighted by Gasteiger charge is -2.14. The van der Waals surface area contributed by atoms with Gasteiger partial charge in [0, 0.05) is 19.6 Å². The first kappa shape index (κ1) is 17.6. The molecule has 1 heterocycles. The number of guanidine groups is 1. The van der Waals surface area contributed by atoms with E-state index in [1.165, 1.54) is 6.42 Å². The van der Waals surface area contributed by atoms with Crippen LogP contribution in [0, 0.1) is 0 Å². The lowest BCUT2D eigenvalue weighted by molar-refractivity contribution is 0.351. The van der Waals surface area contributed by atoms with E-state index in [2.05, 4.69) is 21.7 Å². The predicted octanol–water partition coefficient (Wildman–Crippen LogP) is 2.15. The second-order valence-electron chi connectivity index (χ2n) is 4.69. The van der Waals surface area contributed by atoms with Crippen molar-refractivity contribution in [3.8, 4) is 11.5 Å². The van der Waals surface area contributed by atoms with Gasteiger partial charge in [0.2, 0.25) is 0 Å². The standard InChI is InChI=1S/C15H23N3O2.BrH/c1-19-13-7-5-6-12(14(13)20-2)8-11-18-15-16-9-3-4-10-17-15;/h5-7H,3-4,8-11H2,1-2H3,(H2,16,17,18);1H. The van der Waals surface area contributed by atoms with Crippen molar-refractivity contribution < 1.29 is 9.47 Å². The first-order valence-electron chi connectivity index (χ1n) is 7.07. The Morgan fingerprint density at radius 1 is 1.24 bits per heavy atom. The molecule has 2 N–H and O–H groups in total. The molecule has 0 fully saturated rings. The number of hydrogen-bond donors (Lipinski definition) is 2. The molecule has 1 aromatic carbocycles. The molecule has 21 heavy (non-hydrogen) atoms. The number of nitrogens with zero attached hydrogens (tertiary/aromatic N) is 1. The third kappa shape index (κ3) is 5.12. The summed E-state index contributed by atoms with van der Waals surface area (Å²) in [5.41, 5.74) is 1.13. The van der Waals surface area contributed by atoms with Gasteiger partial charge in [0.05, 0.1) is 14.2 Å². The normalized spacial score (nSPS) is 14.1. The van der Waals surface area contributed by atoms with Gasteiger partial charge in [-0.3, -0.25) is 4.99 Å². The highest BCUT2D eigenvalue weighted by atomic mass is 79.9. The van der Waals surface area contributed by atoms with Gasteiger partial charge in [-0.05, 0) is 30.9 Å². The molecule has 1 aliphatic heterocycles. The Bertz CT molecular complexity index is 466. The second kappa shape index (κ2) is 9.50. The molecule has 1 aromatic rings. The number of ether oxygens (including phenoxy) is 2. The minimum absolute atomic E-state index is 0. The molecule has 1 aliphatic rings. The summed E-state index contributed by atoms with van der Waals surface area (Å²) >= 11 is 0. The highest BCUT2D eigenvalue weighted by Crippen LogP contribution is 2.30. The second-order valence-corrected chi connectivity index (χ2v) is 4.69. The van der Waals surface area contributed by atoms with Crippen molar-refractivity contribution in [2.45, 2.75) is 19.3 Å². The molecule has 0 saturated heterocycles. The van der Waals surface area contributed by atoms with Gasteiger partial charge in [-0.25, -0.2) is 0 Å². The minimum Gasteiger partial charge on any atom is -0.493 e. The number of para-hydroxylation sites is 1. The predicted molar refractivity (Wildman–Crippen MR) is 91.1 cm³/mol. The Morgan fingerprint density at radius 2 is 2.10 bits per heavy atom. The lowest BCUT2D eigenvalue weighted by Crippen LogP contribution is -2.38. The third-order valence-electron chi connectivity index (χ3n) is 3.32. The van der Waals surface area contributed by atoms with Crippen molar-refractivity contribution in [3.05, 3.63) is 23.8 Å². The molecule has 0 amide bonds. The zero-order valence-corrected chi connectivity index (χ0v) is 14.4. The molecule has 0 saturated carbocycles. The molecule has 6 heteroatoms. The van der Waals surface area contributed by atoms with Gasteiger partial charge >= 0.3 is 0 Å². The van der Waals surface area contributed by atoms with Crippen molar-refractivity contribution >= 4 is 22.9 Å². The topological polar surface area (TPSA) is 54.9 Å². The number of hydrogen-bond acceptors (Lipinski definition) is 5. The maximum absolute atomic E-state index is 5.43. The molecule has 0 radical (unpaired) electrons. The summed E-state index contributed by atoms with van der Waals surface area (Å²) in [7, 11) is 3.33. The number of nitrogens with one attached hydrogen (secondary N) is 2. The molecule has 0 spiro atoms. The van der Waals surface area contributed by atoms with Gasteiger partial charge in [-0.2, -0.15) is 0 Å². The first-order valence-corrected chi connectivity index (χ1v) is 7.07. The smallest absolute Gasteiger partial charge is 0.191 e. The fourth-order valence-electron chi connectivity index (χ4n) is 2.27. The molecule has 0 unspecified atom stereocenters. The van der Waals surface area contributed by atoms with Crippen LogP contribution in [0.15, 0.2) is 23.2 Å². The van der Waals surface area contributed by atoms with E-state index in [-0.39, 0.29) is 17.0 Å². The molecular weight excluding hydrogens is 334 g/mol. The maximum atomic E-state index is 5.43. The fraction of sp³-hybridized carbons (Fsp3) is 0.533. The van der Waals surface area contributed by atoms with Crippen LogP contribution in [-0.4, -0.2) is 39.8 Å². The van der Waals surface area contributed by atoms with Crippen molar-refractivity contribution in [1.29, 1.82) is 0 Å². The van der Waals surface area contributed by atoms with E-state index in [9.17, 15) is 0 Å². The van der Waals surface area contributed by atoms with Crippen molar-refractivity contribution in [3.63, 3.8) is 0 Å². The highest BCUT2D eigenvalue weighted by Gasteiger charge is 2.09. The van der Waals surface area contributed by atoms with Gasteiger partial charge < -0.3 is 20.1 Å². The van der Waals surface area contributed by atoms with E-state index in [1.807, 2.05) is 12.1 Å². The summed E-state index contributed by atoms with van der Waals surface area (Å²) in [5, 5.41) is 6.64. The Labute approximate surface area is 136 Å². The number of benzene rings is 1. The summed E-state index contributed by atoms with van der Waals surface area (Å²) in [6, 6.07) is 5.95. The van der Waals surface area contributed by atoms with E-state index >= 15 is 0 Å². The van der Waals surface area contributed by atoms with E-state index in [1.54, 1.807) is 14.2 Å². The minimum atomic E-state index is 0. The van der Waals surface area contributed by atoms with Crippen LogP contribution in [0.3, 0.4) is 0 Å². The van der Waals surface area contributed by atoms with Gasteiger partial charge in [0.15, 0.2) is 17.5 Å². The number of aliphatic imine (C=N–C) groups is 1. The van der Waals surface area contributed by atoms with Crippen LogP contribution in [0.4, 0.5) is 0 Å². The van der Waals surface area contributed by atoms with Crippen LogP contribution < -0.4 is 20.1 Å². The van der Waals surface area contributed by atoms with Crippen LogP contribution in [0.25, 0.3) is 0 Å². The summed E-state index contributed by atoms with van der Waals surface area (Å²) < 4.78 is 10.7. The van der Waals surface area contributed by atoms with Gasteiger partial charge in [0.1, 0.15) is 0 Å². The largest absolute Gasteiger partial charge is 0.493 e. The van der Waals surface area contributed by atoms with Crippen molar-refractivity contribution in [2.75, 3.05) is 33.9 Å². The average Bonchev–Trinajstić information content (AvgIpc) is 2.75. The average molecular weight is 358 g/mol. The maximum Gasteiger partial charge on any atom is 0.191 e. The summed E-state index contributed by atoms with van der Waals surface area (Å²) in [5.74, 6) is 2.49. The SMILES string of the molecule is Br.COc1cccc(CCNC2=NCCCCN2)c1OC. The van der Waals surface area contributed by atoms with E-state index in [0.29, 0.717) is 0 Å². The van der Waals surface area contributed by atoms with Crippen LogP contribution in [0.2, 0.25) is 0 Å². The zero-order chi connectivity index (χ0) is 14.2. The quantitative estimate of drug-likeness (QED) is 0.847. The van der Waals surface area contributed by atoms with Crippen LogP contribution in [0.1, 0.15) is 18.4 Å². The van der Waals surface area contributed by atoms with E-state index < -0.39 is 0 Å². The Morgan fingerprint density at radius 3 is 2.86 bits per heavy atom. The van der Waals surface area contributed by atoms with Crippen LogP contribution in [0.5, 0.6) is 11.5 Å². The molecule has 0 atom stereocenters. The highest BCUT2D eigenvalue weighted by molar-refractivity contribution is 8.93. The third-order valence-corrected chi connectivity index (χ3v) is 3.32. The number of halogens is 1. The monoisotopic (exact) mass is 357 g/mol. The Kier molecular flexibility index (Phi) is 7.97. The fourth-order valence-corrected chi connectivity index (χ4v) is 2.27. The first-order chi connectivity index (χ1) is 9.85. The molecule has 0 bridgehead atoms. The molecule has 2 rings (SSSR count). The van der Waals surface area contributed by atoms with E-state index in [4.69, 9.17) is 9.47 Å².